The SMILES string of the molecule is CC(NC(=O)c1ccc(Cl)c(F)c1)/C(N)=N/O. The Balaban J connectivity index is 2.80. The fourth-order valence-electron chi connectivity index (χ4n) is 1.08. The molecule has 4 N–H and O–H groups in total. The van der Waals surface area contributed by atoms with E-state index in [4.69, 9.17) is 22.5 Å². The molecule has 0 spiro atoms. The summed E-state index contributed by atoms with van der Waals surface area (Å²) in [5.41, 5.74) is 5.39. The van der Waals surface area contributed by atoms with Crippen molar-refractivity contribution in [2.75, 3.05) is 0 Å². The molecule has 0 aromatic heterocycles. The van der Waals surface area contributed by atoms with Gasteiger partial charge in [-0.3, -0.25) is 4.79 Å². The first-order valence-corrected chi connectivity index (χ1v) is 5.07. The maximum atomic E-state index is 13.1. The highest BCUT2D eigenvalue weighted by molar-refractivity contribution is 6.30. The average molecular weight is 260 g/mol. The number of carbonyl (C=O) groups is 1. The molecule has 0 aliphatic heterocycles. The molecule has 0 bridgehead atoms. The lowest BCUT2D eigenvalue weighted by atomic mass is 10.2. The lowest BCUT2D eigenvalue weighted by Crippen LogP contribution is -2.42. The van der Waals surface area contributed by atoms with Crippen LogP contribution in [0.3, 0.4) is 0 Å². The zero-order valence-corrected chi connectivity index (χ0v) is 9.70. The first kappa shape index (κ1) is 13.2. The Morgan fingerprint density at radius 3 is 2.82 bits per heavy atom. The number of rotatable bonds is 3. The van der Waals surface area contributed by atoms with Gasteiger partial charge in [-0.1, -0.05) is 16.8 Å². The number of nitrogens with two attached hydrogens (primary N) is 1. The molecule has 17 heavy (non-hydrogen) atoms. The Labute approximate surface area is 102 Å². The van der Waals surface area contributed by atoms with Gasteiger partial charge in [0.25, 0.3) is 5.91 Å². The summed E-state index contributed by atoms with van der Waals surface area (Å²) in [6.07, 6.45) is 0. The van der Waals surface area contributed by atoms with Gasteiger partial charge >= 0.3 is 0 Å². The number of benzene rings is 1. The highest BCUT2D eigenvalue weighted by Crippen LogP contribution is 2.15. The van der Waals surface area contributed by atoms with Gasteiger partial charge in [0, 0.05) is 5.56 Å². The molecule has 0 radical (unpaired) electrons. The molecule has 0 aliphatic rings. The van der Waals surface area contributed by atoms with Crippen molar-refractivity contribution in [3.63, 3.8) is 0 Å². The molecule has 0 saturated carbocycles. The Morgan fingerprint density at radius 2 is 2.29 bits per heavy atom. The van der Waals surface area contributed by atoms with Crippen LogP contribution in [-0.4, -0.2) is 23.0 Å². The van der Waals surface area contributed by atoms with Gasteiger partial charge in [-0.15, -0.1) is 0 Å². The van der Waals surface area contributed by atoms with Crippen LogP contribution in [0.15, 0.2) is 23.4 Å². The highest BCUT2D eigenvalue weighted by atomic mass is 35.5. The van der Waals surface area contributed by atoms with Crippen molar-refractivity contribution < 1.29 is 14.4 Å². The maximum absolute atomic E-state index is 13.1. The van der Waals surface area contributed by atoms with E-state index in [0.717, 1.165) is 6.07 Å². The fourth-order valence-corrected chi connectivity index (χ4v) is 1.20. The van der Waals surface area contributed by atoms with Gasteiger partial charge in [0.1, 0.15) is 5.82 Å². The predicted molar refractivity (Wildman–Crippen MR) is 61.7 cm³/mol. The smallest absolute Gasteiger partial charge is 0.251 e. The van der Waals surface area contributed by atoms with Gasteiger partial charge < -0.3 is 16.3 Å². The molecular weight excluding hydrogens is 249 g/mol. The molecule has 1 aromatic rings. The van der Waals surface area contributed by atoms with Crippen LogP contribution < -0.4 is 11.1 Å². The van der Waals surface area contributed by atoms with Gasteiger partial charge in [-0.25, -0.2) is 4.39 Å². The quantitative estimate of drug-likeness (QED) is 0.331. The lowest BCUT2D eigenvalue weighted by molar-refractivity contribution is 0.0948. The van der Waals surface area contributed by atoms with Crippen molar-refractivity contribution in [3.8, 4) is 0 Å². The standard InChI is InChI=1S/C10H11ClFN3O2/c1-5(9(13)15-17)14-10(16)6-2-3-7(11)8(12)4-6/h2-5,17H,1H3,(H2,13,15)(H,14,16). The van der Waals surface area contributed by atoms with Gasteiger partial charge in [-0.2, -0.15) is 0 Å². The highest BCUT2D eigenvalue weighted by Gasteiger charge is 2.14. The largest absolute Gasteiger partial charge is 0.409 e. The molecule has 0 fully saturated rings. The molecule has 5 nitrogen and oxygen atoms in total. The van der Waals surface area contributed by atoms with Crippen LogP contribution in [-0.2, 0) is 0 Å². The van der Waals surface area contributed by atoms with E-state index in [1.165, 1.54) is 19.1 Å². The summed E-state index contributed by atoms with van der Waals surface area (Å²) < 4.78 is 13.1. The van der Waals surface area contributed by atoms with E-state index in [1.54, 1.807) is 0 Å². The van der Waals surface area contributed by atoms with Crippen LogP contribution in [0.2, 0.25) is 5.02 Å². The number of amidine groups is 1. The van der Waals surface area contributed by atoms with E-state index in [0.29, 0.717) is 0 Å². The number of oxime groups is 1. The van der Waals surface area contributed by atoms with Gasteiger partial charge in [0.05, 0.1) is 11.1 Å². The van der Waals surface area contributed by atoms with Crippen LogP contribution in [0.4, 0.5) is 4.39 Å². The first-order valence-electron chi connectivity index (χ1n) is 4.69. The maximum Gasteiger partial charge on any atom is 0.251 e. The summed E-state index contributed by atoms with van der Waals surface area (Å²) in [4.78, 5) is 11.6. The monoisotopic (exact) mass is 259 g/mol. The Hall–Kier alpha value is -1.82. The van der Waals surface area contributed by atoms with Crippen LogP contribution in [0.1, 0.15) is 17.3 Å². The molecule has 1 atom stereocenters. The van der Waals surface area contributed by atoms with Crippen molar-refractivity contribution >= 4 is 23.3 Å². The Bertz CT molecular complexity index is 465. The summed E-state index contributed by atoms with van der Waals surface area (Å²) in [6.45, 7) is 1.53. The Morgan fingerprint density at radius 1 is 1.65 bits per heavy atom. The van der Waals surface area contributed by atoms with Crippen molar-refractivity contribution in [1.82, 2.24) is 5.32 Å². The molecule has 1 aromatic carbocycles. The third-order valence-corrected chi connectivity index (χ3v) is 2.40. The minimum absolute atomic E-state index is 0.0639. The van der Waals surface area contributed by atoms with E-state index in [9.17, 15) is 9.18 Å². The first-order chi connectivity index (χ1) is 7.95. The van der Waals surface area contributed by atoms with E-state index in [-0.39, 0.29) is 16.4 Å². The third kappa shape index (κ3) is 3.32. The number of hydrogen-bond acceptors (Lipinski definition) is 3. The number of hydrogen-bond donors (Lipinski definition) is 3. The zero-order chi connectivity index (χ0) is 13.0. The molecule has 1 amide bonds. The molecule has 92 valence electrons. The second-order valence-electron chi connectivity index (χ2n) is 3.35. The predicted octanol–water partition coefficient (Wildman–Crippen LogP) is 1.34. The molecule has 0 saturated heterocycles. The van der Waals surface area contributed by atoms with Crippen molar-refractivity contribution in [2.24, 2.45) is 10.9 Å². The Kier molecular flexibility index (Phi) is 4.28. The summed E-state index contributed by atoms with van der Waals surface area (Å²) in [5.74, 6) is -1.37. The van der Waals surface area contributed by atoms with Gasteiger partial charge in [0.15, 0.2) is 5.84 Å². The minimum Gasteiger partial charge on any atom is -0.409 e. The normalized spacial score (nSPS) is 13.2. The summed E-state index contributed by atoms with van der Waals surface area (Å²) in [6, 6.07) is 3.00. The molecule has 1 unspecified atom stereocenters. The lowest BCUT2D eigenvalue weighted by Gasteiger charge is -2.12. The molecule has 0 aliphatic carbocycles. The van der Waals surface area contributed by atoms with Crippen LogP contribution in [0, 0.1) is 5.82 Å². The molecule has 7 heteroatoms. The second-order valence-corrected chi connectivity index (χ2v) is 3.76. The average Bonchev–Trinajstić information content (AvgIpc) is 2.31. The van der Waals surface area contributed by atoms with E-state index >= 15 is 0 Å². The molecular formula is C10H11ClFN3O2. The number of amides is 1. The number of nitrogens with one attached hydrogen (secondary N) is 1. The van der Waals surface area contributed by atoms with Gasteiger partial charge in [-0.05, 0) is 25.1 Å². The van der Waals surface area contributed by atoms with E-state index in [1.807, 2.05) is 0 Å². The fraction of sp³-hybridized carbons (Fsp3) is 0.200. The molecule has 1 rings (SSSR count). The topological polar surface area (TPSA) is 87.7 Å². The van der Waals surface area contributed by atoms with Crippen LogP contribution in [0.5, 0.6) is 0 Å². The van der Waals surface area contributed by atoms with E-state index < -0.39 is 17.8 Å². The summed E-state index contributed by atoms with van der Waals surface area (Å²) >= 11 is 5.49. The van der Waals surface area contributed by atoms with E-state index in [2.05, 4.69) is 10.5 Å². The summed E-state index contributed by atoms with van der Waals surface area (Å²) in [7, 11) is 0. The number of nitrogens with zero attached hydrogens (tertiary/aromatic N) is 1. The minimum atomic E-state index is -0.684. The van der Waals surface area contributed by atoms with Gasteiger partial charge in [0.2, 0.25) is 0 Å². The number of carbonyl (C=O) groups excluding carboxylic acids is 1. The van der Waals surface area contributed by atoms with Crippen molar-refractivity contribution in [3.05, 3.63) is 34.6 Å². The molecule has 0 heterocycles. The number of halogens is 2. The van der Waals surface area contributed by atoms with Crippen LogP contribution >= 0.6 is 11.6 Å². The van der Waals surface area contributed by atoms with Crippen LogP contribution in [0.25, 0.3) is 0 Å². The third-order valence-electron chi connectivity index (χ3n) is 2.09. The van der Waals surface area contributed by atoms with Crippen molar-refractivity contribution in [1.29, 1.82) is 0 Å². The van der Waals surface area contributed by atoms with Crippen molar-refractivity contribution in [2.45, 2.75) is 13.0 Å². The second kappa shape index (κ2) is 5.49. The summed E-state index contributed by atoms with van der Waals surface area (Å²) in [5, 5.41) is 13.5. The zero-order valence-electron chi connectivity index (χ0n) is 8.95.